The van der Waals surface area contributed by atoms with Gasteiger partial charge in [0.15, 0.2) is 5.13 Å². The minimum atomic E-state index is 0.221. The summed E-state index contributed by atoms with van der Waals surface area (Å²) in [5.41, 5.74) is 9.21. The molecule has 0 spiro atoms. The number of fused-ring (bicyclic) bond motifs is 2. The second-order valence-corrected chi connectivity index (χ2v) is 5.58. The highest BCUT2D eigenvalue weighted by Crippen LogP contribution is 2.29. The number of benzene rings is 2. The number of imidazole rings is 1. The van der Waals surface area contributed by atoms with Crippen molar-refractivity contribution in [1.29, 1.82) is 0 Å². The summed E-state index contributed by atoms with van der Waals surface area (Å²) in [5, 5.41) is 10.0. The Morgan fingerprint density at radius 2 is 1.90 bits per heavy atom. The van der Waals surface area contributed by atoms with Crippen LogP contribution in [-0.2, 0) is 0 Å². The Bertz CT molecular complexity index is 941. The number of phenolic OH excluding ortho intramolecular Hbond substituents is 1. The van der Waals surface area contributed by atoms with Crippen LogP contribution in [0.3, 0.4) is 0 Å². The van der Waals surface area contributed by atoms with Gasteiger partial charge in [0.2, 0.25) is 0 Å². The molecule has 0 atom stereocenters. The molecule has 0 aliphatic carbocycles. The molecule has 0 fully saturated rings. The number of thiazole rings is 1. The minimum Gasteiger partial charge on any atom is -0.508 e. The average molecular weight is 282 g/mol. The highest BCUT2D eigenvalue weighted by atomic mass is 32.1. The fourth-order valence-corrected chi connectivity index (χ4v) is 3.00. The molecule has 2 heterocycles. The van der Waals surface area contributed by atoms with Crippen LogP contribution in [0.1, 0.15) is 0 Å². The molecule has 0 aliphatic heterocycles. The van der Waals surface area contributed by atoms with Crippen molar-refractivity contribution in [3.05, 3.63) is 36.4 Å². The predicted octanol–water partition coefficient (Wildman–Crippen LogP) is 3.13. The summed E-state index contributed by atoms with van der Waals surface area (Å²) in [6.45, 7) is 0. The smallest absolute Gasteiger partial charge is 0.181 e. The highest BCUT2D eigenvalue weighted by molar-refractivity contribution is 7.22. The maximum Gasteiger partial charge on any atom is 0.181 e. The molecule has 0 unspecified atom stereocenters. The molecule has 6 heteroatoms. The van der Waals surface area contributed by atoms with Crippen LogP contribution in [0.4, 0.5) is 5.13 Å². The molecule has 0 saturated heterocycles. The van der Waals surface area contributed by atoms with Crippen LogP contribution >= 0.6 is 11.3 Å². The fraction of sp³-hybridized carbons (Fsp3) is 0. The van der Waals surface area contributed by atoms with E-state index in [0.717, 1.165) is 32.6 Å². The molecular formula is C14H10N4OS. The number of nitrogens with two attached hydrogens (primary N) is 1. The first kappa shape index (κ1) is 11.2. The number of aromatic nitrogens is 3. The van der Waals surface area contributed by atoms with Crippen LogP contribution in [0.15, 0.2) is 36.4 Å². The van der Waals surface area contributed by atoms with Crippen molar-refractivity contribution < 1.29 is 5.11 Å². The molecule has 4 aromatic rings. The lowest BCUT2D eigenvalue weighted by atomic mass is 10.2. The number of anilines is 1. The first-order chi connectivity index (χ1) is 9.69. The van der Waals surface area contributed by atoms with Gasteiger partial charge in [-0.3, -0.25) is 0 Å². The van der Waals surface area contributed by atoms with E-state index in [1.807, 2.05) is 18.2 Å². The Balaban J connectivity index is 1.90. The molecule has 0 amide bonds. The molecule has 4 rings (SSSR count). The number of hydrogen-bond donors (Lipinski definition) is 3. The summed E-state index contributed by atoms with van der Waals surface area (Å²) in [6.07, 6.45) is 0. The van der Waals surface area contributed by atoms with Gasteiger partial charge in [-0.1, -0.05) is 11.3 Å². The summed E-state index contributed by atoms with van der Waals surface area (Å²) in [7, 11) is 0. The highest BCUT2D eigenvalue weighted by Gasteiger charge is 2.08. The van der Waals surface area contributed by atoms with Crippen LogP contribution in [-0.4, -0.2) is 20.1 Å². The Labute approximate surface area is 117 Å². The van der Waals surface area contributed by atoms with Gasteiger partial charge in [-0.05, 0) is 30.3 Å². The maximum absolute atomic E-state index is 9.49. The van der Waals surface area contributed by atoms with E-state index in [1.165, 1.54) is 11.3 Å². The van der Waals surface area contributed by atoms with E-state index in [4.69, 9.17) is 5.73 Å². The van der Waals surface area contributed by atoms with Gasteiger partial charge in [-0.2, -0.15) is 0 Å². The molecule has 0 bridgehead atoms. The molecule has 0 aliphatic rings. The summed E-state index contributed by atoms with van der Waals surface area (Å²) in [5.74, 6) is 0.984. The van der Waals surface area contributed by atoms with Crippen molar-refractivity contribution in [3.63, 3.8) is 0 Å². The van der Waals surface area contributed by atoms with Crippen LogP contribution in [0.25, 0.3) is 32.6 Å². The zero-order chi connectivity index (χ0) is 13.7. The number of aromatic hydroxyl groups is 1. The van der Waals surface area contributed by atoms with E-state index in [0.29, 0.717) is 5.13 Å². The zero-order valence-electron chi connectivity index (χ0n) is 10.3. The summed E-state index contributed by atoms with van der Waals surface area (Å²) in [4.78, 5) is 12.0. The van der Waals surface area contributed by atoms with Gasteiger partial charge in [0, 0.05) is 11.6 Å². The summed E-state index contributed by atoms with van der Waals surface area (Å²) in [6, 6.07) is 11.0. The van der Waals surface area contributed by atoms with Crippen LogP contribution in [0.5, 0.6) is 5.75 Å². The molecular weight excluding hydrogens is 272 g/mol. The van der Waals surface area contributed by atoms with Crippen molar-refractivity contribution in [2.24, 2.45) is 0 Å². The Hall–Kier alpha value is -2.60. The van der Waals surface area contributed by atoms with Gasteiger partial charge in [-0.15, -0.1) is 0 Å². The SMILES string of the molecule is Nc1nc2ccc(-c3nc4ccc(O)cc4[nH]3)cc2s1. The van der Waals surface area contributed by atoms with Gasteiger partial charge in [-0.25, -0.2) is 9.97 Å². The lowest BCUT2D eigenvalue weighted by molar-refractivity contribution is 0.476. The molecule has 0 radical (unpaired) electrons. The number of nitrogen functional groups attached to an aromatic ring is 1. The standard InChI is InChI=1S/C14H10N4OS/c15-14-18-10-3-1-7(5-12(10)20-14)13-16-9-4-2-8(19)6-11(9)17-13/h1-6,19H,(H2,15,18)(H,16,17). The van der Waals surface area contributed by atoms with Crippen molar-refractivity contribution in [2.75, 3.05) is 5.73 Å². The Kier molecular flexibility index (Phi) is 2.22. The number of rotatable bonds is 1. The molecule has 2 aromatic carbocycles. The number of nitrogens with zero attached hydrogens (tertiary/aromatic N) is 2. The first-order valence-corrected chi connectivity index (χ1v) is 6.86. The maximum atomic E-state index is 9.49. The third-order valence-electron chi connectivity index (χ3n) is 3.14. The fourth-order valence-electron chi connectivity index (χ4n) is 2.22. The summed E-state index contributed by atoms with van der Waals surface area (Å²) < 4.78 is 1.03. The van der Waals surface area contributed by atoms with Gasteiger partial charge < -0.3 is 15.8 Å². The number of H-pyrrole nitrogens is 1. The largest absolute Gasteiger partial charge is 0.508 e. The van der Waals surface area contributed by atoms with Gasteiger partial charge in [0.25, 0.3) is 0 Å². The van der Waals surface area contributed by atoms with Gasteiger partial charge in [0.1, 0.15) is 11.6 Å². The van der Waals surface area contributed by atoms with E-state index < -0.39 is 0 Å². The minimum absolute atomic E-state index is 0.221. The zero-order valence-corrected chi connectivity index (χ0v) is 11.1. The average Bonchev–Trinajstić information content (AvgIpc) is 2.99. The lowest BCUT2D eigenvalue weighted by Gasteiger charge is -1.95. The van der Waals surface area contributed by atoms with Crippen molar-refractivity contribution >= 4 is 37.7 Å². The van der Waals surface area contributed by atoms with E-state index >= 15 is 0 Å². The topological polar surface area (TPSA) is 87.8 Å². The van der Waals surface area contributed by atoms with Crippen molar-refractivity contribution in [3.8, 4) is 17.1 Å². The molecule has 2 aromatic heterocycles. The molecule has 20 heavy (non-hydrogen) atoms. The molecule has 98 valence electrons. The lowest BCUT2D eigenvalue weighted by Crippen LogP contribution is -1.80. The van der Waals surface area contributed by atoms with E-state index in [2.05, 4.69) is 15.0 Å². The molecule has 0 saturated carbocycles. The third kappa shape index (κ3) is 1.70. The third-order valence-corrected chi connectivity index (χ3v) is 3.99. The predicted molar refractivity (Wildman–Crippen MR) is 80.8 cm³/mol. The number of aromatic amines is 1. The first-order valence-electron chi connectivity index (χ1n) is 6.04. The Morgan fingerprint density at radius 1 is 1.05 bits per heavy atom. The van der Waals surface area contributed by atoms with E-state index in [-0.39, 0.29) is 5.75 Å². The second-order valence-electron chi connectivity index (χ2n) is 4.52. The molecule has 4 N–H and O–H groups in total. The van der Waals surface area contributed by atoms with Crippen molar-refractivity contribution in [1.82, 2.24) is 15.0 Å². The van der Waals surface area contributed by atoms with E-state index in [9.17, 15) is 5.11 Å². The molecule has 5 nitrogen and oxygen atoms in total. The number of phenols is 1. The quantitative estimate of drug-likeness (QED) is 0.500. The Morgan fingerprint density at radius 3 is 2.80 bits per heavy atom. The van der Waals surface area contributed by atoms with Crippen LogP contribution in [0, 0.1) is 0 Å². The van der Waals surface area contributed by atoms with E-state index in [1.54, 1.807) is 18.2 Å². The number of nitrogens with one attached hydrogen (secondary N) is 1. The monoisotopic (exact) mass is 282 g/mol. The van der Waals surface area contributed by atoms with Crippen LogP contribution < -0.4 is 5.73 Å². The van der Waals surface area contributed by atoms with Gasteiger partial charge >= 0.3 is 0 Å². The van der Waals surface area contributed by atoms with Crippen LogP contribution in [0.2, 0.25) is 0 Å². The van der Waals surface area contributed by atoms with Crippen molar-refractivity contribution in [2.45, 2.75) is 0 Å². The normalized spacial score (nSPS) is 11.4. The second kappa shape index (κ2) is 3.94. The number of hydrogen-bond acceptors (Lipinski definition) is 5. The summed E-state index contributed by atoms with van der Waals surface area (Å²) >= 11 is 1.46. The van der Waals surface area contributed by atoms with Gasteiger partial charge in [0.05, 0.1) is 21.3 Å².